The average molecular weight is 390 g/mol. The zero-order valence-electron chi connectivity index (χ0n) is 17.1. The Kier molecular flexibility index (Phi) is 7.89. The molecule has 0 amide bonds. The van der Waals surface area contributed by atoms with Crippen LogP contribution >= 0.6 is 0 Å². The lowest BCUT2D eigenvalue weighted by molar-refractivity contribution is -0.144. The molecule has 7 nitrogen and oxygen atoms in total. The van der Waals surface area contributed by atoms with Crippen LogP contribution in [0.5, 0.6) is 0 Å². The number of hydrogen-bond acceptors (Lipinski definition) is 6. The Morgan fingerprint density at radius 3 is 2.75 bits per heavy atom. The third-order valence-corrected chi connectivity index (χ3v) is 6.01. The summed E-state index contributed by atoms with van der Waals surface area (Å²) in [6.07, 6.45) is 11.6. The van der Waals surface area contributed by atoms with Crippen LogP contribution in [-0.2, 0) is 4.79 Å². The van der Waals surface area contributed by atoms with Gasteiger partial charge in [-0.1, -0.05) is 32.6 Å². The van der Waals surface area contributed by atoms with Crippen molar-refractivity contribution >= 4 is 17.7 Å². The monoisotopic (exact) mass is 389 g/mol. The maximum atomic E-state index is 11.8. The number of anilines is 2. The van der Waals surface area contributed by atoms with Crippen LogP contribution in [0.3, 0.4) is 0 Å². The van der Waals surface area contributed by atoms with Crippen LogP contribution in [0.2, 0.25) is 0 Å². The lowest BCUT2D eigenvalue weighted by Gasteiger charge is -2.30. The van der Waals surface area contributed by atoms with Crippen LogP contribution in [0.1, 0.15) is 64.7 Å². The van der Waals surface area contributed by atoms with Crippen molar-refractivity contribution in [2.24, 2.45) is 0 Å². The summed E-state index contributed by atoms with van der Waals surface area (Å²) in [4.78, 5) is 25.4. The lowest BCUT2D eigenvalue weighted by atomic mass is 10.1. The summed E-state index contributed by atoms with van der Waals surface area (Å²) in [5.74, 6) is 0.947. The molecule has 2 atom stereocenters. The fourth-order valence-corrected chi connectivity index (χ4v) is 4.44. The van der Waals surface area contributed by atoms with Gasteiger partial charge in [-0.25, -0.2) is 4.98 Å². The van der Waals surface area contributed by atoms with Gasteiger partial charge in [-0.15, -0.1) is 0 Å². The van der Waals surface area contributed by atoms with Crippen molar-refractivity contribution < 1.29 is 9.90 Å². The molecular formula is C21H35N5O2. The molecule has 2 saturated heterocycles. The highest BCUT2D eigenvalue weighted by Gasteiger charge is 2.34. The minimum absolute atomic E-state index is 0.225. The van der Waals surface area contributed by atoms with Crippen LogP contribution in [0, 0.1) is 0 Å². The summed E-state index contributed by atoms with van der Waals surface area (Å²) in [5.41, 5.74) is 0. The fourth-order valence-electron chi connectivity index (χ4n) is 4.44. The second kappa shape index (κ2) is 10.6. The van der Waals surface area contributed by atoms with Gasteiger partial charge in [-0.05, 0) is 44.7 Å². The minimum Gasteiger partial charge on any atom is -0.480 e. The van der Waals surface area contributed by atoms with Crippen molar-refractivity contribution in [3.8, 4) is 0 Å². The summed E-state index contributed by atoms with van der Waals surface area (Å²) >= 11 is 0. The standard InChI is InChI=1S/C21H35N5O2/c1-2-3-10-18(20(27)28)26-15-8-9-17(26)16-23-21-22-12-11-19(24-21)25-13-6-4-5-7-14-25/h11-12,17-18H,2-10,13-16H2,1H3,(H,27,28)(H,22,23,24). The number of aromatic nitrogens is 2. The van der Waals surface area contributed by atoms with Gasteiger partial charge in [0.2, 0.25) is 5.95 Å². The number of hydrogen-bond donors (Lipinski definition) is 2. The van der Waals surface area contributed by atoms with Crippen molar-refractivity contribution in [2.45, 2.75) is 76.8 Å². The SMILES string of the molecule is CCCCC(C(=O)O)N1CCCC1CNc1nccc(N2CCCCCC2)n1. The highest BCUT2D eigenvalue weighted by Crippen LogP contribution is 2.24. The van der Waals surface area contributed by atoms with Gasteiger partial charge < -0.3 is 15.3 Å². The Bertz CT molecular complexity index is 619. The topological polar surface area (TPSA) is 81.6 Å². The number of carboxylic acids is 1. The molecule has 7 heteroatoms. The van der Waals surface area contributed by atoms with E-state index in [4.69, 9.17) is 4.98 Å². The number of carboxylic acid groups (broad SMARTS) is 1. The van der Waals surface area contributed by atoms with E-state index in [2.05, 4.69) is 27.0 Å². The molecule has 2 aliphatic rings. The van der Waals surface area contributed by atoms with Gasteiger partial charge in [0.15, 0.2) is 0 Å². The molecule has 2 unspecified atom stereocenters. The van der Waals surface area contributed by atoms with Crippen molar-refractivity contribution in [2.75, 3.05) is 36.4 Å². The summed E-state index contributed by atoms with van der Waals surface area (Å²) in [6.45, 7) is 5.78. The first kappa shape index (κ1) is 20.8. The number of rotatable bonds is 9. The normalized spacial score (nSPS) is 22.0. The summed E-state index contributed by atoms with van der Waals surface area (Å²) in [7, 11) is 0. The van der Waals surface area contributed by atoms with Crippen LogP contribution in [0.15, 0.2) is 12.3 Å². The Labute approximate surface area is 168 Å². The molecule has 0 radical (unpaired) electrons. The van der Waals surface area contributed by atoms with Crippen molar-refractivity contribution in [3.63, 3.8) is 0 Å². The van der Waals surface area contributed by atoms with E-state index in [0.29, 0.717) is 12.5 Å². The van der Waals surface area contributed by atoms with Gasteiger partial charge in [-0.3, -0.25) is 9.69 Å². The largest absolute Gasteiger partial charge is 0.480 e. The molecule has 0 saturated carbocycles. The van der Waals surface area contributed by atoms with Crippen molar-refractivity contribution in [1.82, 2.24) is 14.9 Å². The Hall–Kier alpha value is -1.89. The van der Waals surface area contributed by atoms with Gasteiger partial charge in [0, 0.05) is 31.9 Å². The average Bonchev–Trinajstić information content (AvgIpc) is 2.98. The van der Waals surface area contributed by atoms with Gasteiger partial charge >= 0.3 is 5.97 Å². The Balaban J connectivity index is 1.59. The number of aliphatic carboxylic acids is 1. The Morgan fingerprint density at radius 1 is 1.25 bits per heavy atom. The van der Waals surface area contributed by atoms with E-state index < -0.39 is 5.97 Å². The zero-order chi connectivity index (χ0) is 19.8. The molecule has 2 fully saturated rings. The van der Waals surface area contributed by atoms with E-state index in [-0.39, 0.29) is 12.1 Å². The molecule has 0 aliphatic carbocycles. The van der Waals surface area contributed by atoms with Gasteiger partial charge in [-0.2, -0.15) is 4.98 Å². The van der Waals surface area contributed by atoms with Crippen molar-refractivity contribution in [1.29, 1.82) is 0 Å². The second-order valence-electron chi connectivity index (χ2n) is 8.05. The smallest absolute Gasteiger partial charge is 0.320 e. The summed E-state index contributed by atoms with van der Waals surface area (Å²) in [5, 5.41) is 13.1. The second-order valence-corrected chi connectivity index (χ2v) is 8.05. The van der Waals surface area contributed by atoms with Gasteiger partial charge in [0.05, 0.1) is 0 Å². The number of likely N-dealkylation sites (tertiary alicyclic amines) is 1. The van der Waals surface area contributed by atoms with E-state index in [1.165, 1.54) is 25.7 Å². The van der Waals surface area contributed by atoms with Crippen LogP contribution in [0.4, 0.5) is 11.8 Å². The third-order valence-electron chi connectivity index (χ3n) is 6.01. The maximum absolute atomic E-state index is 11.8. The van der Waals surface area contributed by atoms with E-state index in [1.54, 1.807) is 0 Å². The first-order valence-corrected chi connectivity index (χ1v) is 11.0. The number of nitrogens with zero attached hydrogens (tertiary/aromatic N) is 4. The molecular weight excluding hydrogens is 354 g/mol. The molecule has 0 aromatic carbocycles. The predicted molar refractivity (Wildman–Crippen MR) is 112 cm³/mol. The highest BCUT2D eigenvalue weighted by molar-refractivity contribution is 5.73. The van der Waals surface area contributed by atoms with Gasteiger partial charge in [0.1, 0.15) is 11.9 Å². The van der Waals surface area contributed by atoms with Crippen LogP contribution < -0.4 is 10.2 Å². The first-order chi connectivity index (χ1) is 13.7. The highest BCUT2D eigenvalue weighted by atomic mass is 16.4. The molecule has 2 aliphatic heterocycles. The van der Waals surface area contributed by atoms with E-state index >= 15 is 0 Å². The molecule has 2 N–H and O–H groups in total. The third kappa shape index (κ3) is 5.56. The van der Waals surface area contributed by atoms with E-state index in [0.717, 1.165) is 57.6 Å². The van der Waals surface area contributed by atoms with Crippen LogP contribution in [0.25, 0.3) is 0 Å². The molecule has 28 heavy (non-hydrogen) atoms. The molecule has 3 rings (SSSR count). The number of carbonyl (C=O) groups is 1. The molecule has 1 aromatic heterocycles. The number of unbranched alkanes of at least 4 members (excludes halogenated alkanes) is 1. The zero-order valence-corrected chi connectivity index (χ0v) is 17.1. The van der Waals surface area contributed by atoms with Gasteiger partial charge in [0.25, 0.3) is 0 Å². The maximum Gasteiger partial charge on any atom is 0.320 e. The molecule has 3 heterocycles. The minimum atomic E-state index is -0.695. The quantitative estimate of drug-likeness (QED) is 0.670. The van der Waals surface area contributed by atoms with E-state index in [1.807, 2.05) is 12.3 Å². The molecule has 0 spiro atoms. The van der Waals surface area contributed by atoms with Crippen LogP contribution in [-0.4, -0.2) is 64.2 Å². The lowest BCUT2D eigenvalue weighted by Crippen LogP contribution is -2.46. The van der Waals surface area contributed by atoms with E-state index in [9.17, 15) is 9.90 Å². The predicted octanol–water partition coefficient (Wildman–Crippen LogP) is 3.38. The molecule has 156 valence electrons. The fraction of sp³-hybridized carbons (Fsp3) is 0.762. The Morgan fingerprint density at radius 2 is 2.04 bits per heavy atom. The first-order valence-electron chi connectivity index (χ1n) is 11.0. The molecule has 0 bridgehead atoms. The number of nitrogens with one attached hydrogen (secondary N) is 1. The summed E-state index contributed by atoms with van der Waals surface area (Å²) in [6, 6.07) is 1.84. The molecule has 1 aromatic rings. The van der Waals surface area contributed by atoms with Crippen molar-refractivity contribution in [3.05, 3.63) is 12.3 Å². The summed E-state index contributed by atoms with van der Waals surface area (Å²) < 4.78 is 0.